The predicted octanol–water partition coefficient (Wildman–Crippen LogP) is 1.15. The van der Waals surface area contributed by atoms with Gasteiger partial charge in [0, 0.05) is 6.42 Å². The molecule has 20 heavy (non-hydrogen) atoms. The van der Waals surface area contributed by atoms with Gasteiger partial charge in [-0.05, 0) is 27.7 Å². The average molecular weight is 287 g/mol. The van der Waals surface area contributed by atoms with E-state index in [1.165, 1.54) is 0 Å². The molecular formula is C13H21NO6. The second-order valence-corrected chi connectivity index (χ2v) is 5.50. The first-order valence-electron chi connectivity index (χ1n) is 6.57. The van der Waals surface area contributed by atoms with Gasteiger partial charge in [0.1, 0.15) is 17.7 Å². The van der Waals surface area contributed by atoms with Crippen LogP contribution in [-0.4, -0.2) is 42.4 Å². The number of hydrogen-bond donors (Lipinski definition) is 1. The highest BCUT2D eigenvalue weighted by Gasteiger charge is 2.37. The molecule has 0 radical (unpaired) electrons. The zero-order chi connectivity index (χ0) is 15.3. The Bertz CT molecular complexity index is 387. The van der Waals surface area contributed by atoms with Crippen LogP contribution in [0.4, 0.5) is 4.79 Å². The van der Waals surface area contributed by atoms with E-state index in [-0.39, 0.29) is 19.4 Å². The maximum atomic E-state index is 11.6. The Morgan fingerprint density at radius 3 is 2.60 bits per heavy atom. The summed E-state index contributed by atoms with van der Waals surface area (Å²) in [6.45, 7) is 7.15. The molecule has 0 aliphatic carbocycles. The van der Waals surface area contributed by atoms with Crippen molar-refractivity contribution < 1.29 is 28.6 Å². The second kappa shape index (κ2) is 6.58. The minimum Gasteiger partial charge on any atom is -0.466 e. The van der Waals surface area contributed by atoms with E-state index >= 15 is 0 Å². The van der Waals surface area contributed by atoms with Crippen LogP contribution in [0.1, 0.15) is 40.5 Å². The quantitative estimate of drug-likeness (QED) is 0.616. The van der Waals surface area contributed by atoms with Gasteiger partial charge in [0.25, 0.3) is 0 Å². The molecule has 0 saturated carbocycles. The van der Waals surface area contributed by atoms with Crippen molar-refractivity contribution in [3.05, 3.63) is 0 Å². The third-order valence-electron chi connectivity index (χ3n) is 2.46. The lowest BCUT2D eigenvalue weighted by atomic mass is 10.1. The summed E-state index contributed by atoms with van der Waals surface area (Å²) >= 11 is 0. The molecule has 0 aromatic rings. The molecule has 7 nitrogen and oxygen atoms in total. The Hall–Kier alpha value is -1.79. The van der Waals surface area contributed by atoms with Gasteiger partial charge in [-0.3, -0.25) is 4.79 Å². The van der Waals surface area contributed by atoms with Crippen molar-refractivity contribution in [2.45, 2.75) is 58.3 Å². The number of amides is 1. The molecule has 1 N–H and O–H groups in total. The molecule has 0 aromatic heterocycles. The van der Waals surface area contributed by atoms with E-state index in [4.69, 9.17) is 14.2 Å². The highest BCUT2D eigenvalue weighted by molar-refractivity contribution is 5.83. The molecule has 0 spiro atoms. The fourth-order valence-corrected chi connectivity index (χ4v) is 1.75. The molecule has 2 atom stereocenters. The van der Waals surface area contributed by atoms with Crippen LogP contribution in [0.25, 0.3) is 0 Å². The van der Waals surface area contributed by atoms with Gasteiger partial charge in [0.05, 0.1) is 13.0 Å². The molecule has 1 aliphatic rings. The molecule has 114 valence electrons. The standard InChI is InChI=1S/C13H21NO6/c1-5-18-10(15)7-8-6-9(11(16)19-8)14-12(17)20-13(2,3)4/h8-9H,5-7H2,1-4H3,(H,14,17)/t8-,9+/m1/s1. The minimum atomic E-state index is -0.788. The number of cyclic esters (lactones) is 1. The minimum absolute atomic E-state index is 0.00786. The van der Waals surface area contributed by atoms with Crippen LogP contribution in [0.15, 0.2) is 0 Å². The summed E-state index contributed by atoms with van der Waals surface area (Å²) in [5, 5.41) is 2.43. The molecule has 0 unspecified atom stereocenters. The Morgan fingerprint density at radius 1 is 1.40 bits per heavy atom. The lowest BCUT2D eigenvalue weighted by molar-refractivity contribution is -0.149. The van der Waals surface area contributed by atoms with Gasteiger partial charge in [0.15, 0.2) is 0 Å². The summed E-state index contributed by atoms with van der Waals surface area (Å²) in [6, 6.07) is -0.788. The van der Waals surface area contributed by atoms with Crippen LogP contribution in [0.5, 0.6) is 0 Å². The second-order valence-electron chi connectivity index (χ2n) is 5.50. The fourth-order valence-electron chi connectivity index (χ4n) is 1.75. The maximum Gasteiger partial charge on any atom is 0.408 e. The lowest BCUT2D eigenvalue weighted by Gasteiger charge is -2.20. The van der Waals surface area contributed by atoms with Crippen molar-refractivity contribution in [2.24, 2.45) is 0 Å². The molecule has 1 rings (SSSR count). The van der Waals surface area contributed by atoms with Crippen LogP contribution in [0.3, 0.4) is 0 Å². The largest absolute Gasteiger partial charge is 0.466 e. The van der Waals surface area contributed by atoms with Crippen LogP contribution >= 0.6 is 0 Å². The summed E-state index contributed by atoms with van der Waals surface area (Å²) in [6.07, 6.45) is -1.03. The Kier molecular flexibility index (Phi) is 5.35. The monoisotopic (exact) mass is 287 g/mol. The highest BCUT2D eigenvalue weighted by atomic mass is 16.6. The SMILES string of the molecule is CCOC(=O)C[C@H]1C[C@H](NC(=O)OC(C)(C)C)C(=O)O1. The molecule has 0 bridgehead atoms. The lowest BCUT2D eigenvalue weighted by Crippen LogP contribution is -2.41. The number of rotatable bonds is 4. The van der Waals surface area contributed by atoms with E-state index in [0.29, 0.717) is 0 Å². The summed E-state index contributed by atoms with van der Waals surface area (Å²) in [7, 11) is 0. The van der Waals surface area contributed by atoms with Crippen LogP contribution in [0.2, 0.25) is 0 Å². The summed E-state index contributed by atoms with van der Waals surface area (Å²) in [4.78, 5) is 34.4. The zero-order valence-electron chi connectivity index (χ0n) is 12.2. The van der Waals surface area contributed by atoms with Gasteiger partial charge < -0.3 is 19.5 Å². The molecule has 0 aromatic carbocycles. The van der Waals surface area contributed by atoms with Gasteiger partial charge in [-0.15, -0.1) is 0 Å². The van der Waals surface area contributed by atoms with E-state index in [1.807, 2.05) is 0 Å². The van der Waals surface area contributed by atoms with Crippen molar-refractivity contribution in [1.82, 2.24) is 5.32 Å². The molecule has 1 fully saturated rings. The van der Waals surface area contributed by atoms with E-state index in [0.717, 1.165) is 0 Å². The van der Waals surface area contributed by atoms with E-state index in [1.54, 1.807) is 27.7 Å². The third kappa shape index (κ3) is 5.46. The normalized spacial score (nSPS) is 22.1. The van der Waals surface area contributed by atoms with Crippen LogP contribution < -0.4 is 5.32 Å². The van der Waals surface area contributed by atoms with E-state index < -0.39 is 35.8 Å². The first-order chi connectivity index (χ1) is 9.21. The van der Waals surface area contributed by atoms with Crippen molar-refractivity contribution >= 4 is 18.0 Å². The molecular weight excluding hydrogens is 266 g/mol. The maximum absolute atomic E-state index is 11.6. The fraction of sp³-hybridized carbons (Fsp3) is 0.769. The molecule has 1 heterocycles. The van der Waals surface area contributed by atoms with Crippen LogP contribution in [-0.2, 0) is 23.8 Å². The predicted molar refractivity (Wildman–Crippen MR) is 68.9 cm³/mol. The number of hydrogen-bond acceptors (Lipinski definition) is 6. The van der Waals surface area contributed by atoms with Gasteiger partial charge in [-0.25, -0.2) is 9.59 Å². The van der Waals surface area contributed by atoms with Crippen molar-refractivity contribution in [2.75, 3.05) is 6.61 Å². The van der Waals surface area contributed by atoms with E-state index in [9.17, 15) is 14.4 Å². The van der Waals surface area contributed by atoms with Gasteiger partial charge >= 0.3 is 18.0 Å². The number of carbonyl (C=O) groups is 3. The first kappa shape index (κ1) is 16.3. The molecule has 1 amide bonds. The van der Waals surface area contributed by atoms with Gasteiger partial charge in [-0.2, -0.15) is 0 Å². The molecule has 1 aliphatic heterocycles. The summed E-state index contributed by atoms with van der Waals surface area (Å²) in [5.74, 6) is -0.992. The zero-order valence-corrected chi connectivity index (χ0v) is 12.2. The Balaban J connectivity index is 2.44. The number of nitrogens with one attached hydrogen (secondary N) is 1. The number of ether oxygens (including phenoxy) is 3. The van der Waals surface area contributed by atoms with Crippen molar-refractivity contribution in [3.63, 3.8) is 0 Å². The van der Waals surface area contributed by atoms with Gasteiger partial charge in [-0.1, -0.05) is 0 Å². The van der Waals surface area contributed by atoms with Gasteiger partial charge in [0.2, 0.25) is 0 Å². The average Bonchev–Trinajstić information content (AvgIpc) is 2.56. The first-order valence-corrected chi connectivity index (χ1v) is 6.57. The number of esters is 2. The smallest absolute Gasteiger partial charge is 0.408 e. The molecule has 1 saturated heterocycles. The number of alkyl carbamates (subject to hydrolysis) is 1. The van der Waals surface area contributed by atoms with Crippen molar-refractivity contribution in [3.8, 4) is 0 Å². The van der Waals surface area contributed by atoms with E-state index in [2.05, 4.69) is 5.32 Å². The highest BCUT2D eigenvalue weighted by Crippen LogP contribution is 2.19. The Morgan fingerprint density at radius 2 is 2.05 bits per heavy atom. The number of carbonyl (C=O) groups excluding carboxylic acids is 3. The Labute approximate surface area is 117 Å². The molecule has 7 heteroatoms. The summed E-state index contributed by atoms with van der Waals surface area (Å²) < 4.78 is 14.8. The van der Waals surface area contributed by atoms with Crippen molar-refractivity contribution in [1.29, 1.82) is 0 Å². The van der Waals surface area contributed by atoms with Crippen LogP contribution in [0, 0.1) is 0 Å². The third-order valence-corrected chi connectivity index (χ3v) is 2.46. The topological polar surface area (TPSA) is 90.9 Å². The summed E-state index contributed by atoms with van der Waals surface area (Å²) in [5.41, 5.74) is -0.642.